The van der Waals surface area contributed by atoms with Gasteiger partial charge in [-0.05, 0) is 42.7 Å². The summed E-state index contributed by atoms with van der Waals surface area (Å²) in [5.41, 5.74) is 2.84. The fourth-order valence-corrected chi connectivity index (χ4v) is 4.95. The van der Waals surface area contributed by atoms with Crippen molar-refractivity contribution in [2.45, 2.75) is 51.0 Å². The Labute approximate surface area is 143 Å². The summed E-state index contributed by atoms with van der Waals surface area (Å²) in [6.45, 7) is 5.26. The maximum absolute atomic E-state index is 13.2. The standard InChI is InChI=1S/C20H26N2O2/c1-13(2)17-18(23)21-10-11-22(17)19(24)16-12-20(16)9-5-7-14-6-3-4-8-15(14)20/h3-4,6,8,13,16-17H,5,7,9-12H2,1-2H3,(H,21,23)/t16-,17+,20+/m0/s1. The molecule has 1 N–H and O–H groups in total. The molecule has 2 fully saturated rings. The topological polar surface area (TPSA) is 49.4 Å². The largest absolute Gasteiger partial charge is 0.353 e. The zero-order valence-electron chi connectivity index (χ0n) is 14.5. The van der Waals surface area contributed by atoms with Crippen LogP contribution < -0.4 is 5.32 Å². The van der Waals surface area contributed by atoms with Crippen molar-refractivity contribution in [3.63, 3.8) is 0 Å². The summed E-state index contributed by atoms with van der Waals surface area (Å²) < 4.78 is 0. The van der Waals surface area contributed by atoms with Crippen molar-refractivity contribution in [2.24, 2.45) is 11.8 Å². The molecule has 0 unspecified atom stereocenters. The number of benzene rings is 1. The normalized spacial score (nSPS) is 31.8. The molecular formula is C20H26N2O2. The molecule has 4 heteroatoms. The molecule has 1 aliphatic heterocycles. The van der Waals surface area contributed by atoms with Crippen molar-refractivity contribution < 1.29 is 9.59 Å². The highest BCUT2D eigenvalue weighted by Crippen LogP contribution is 2.61. The van der Waals surface area contributed by atoms with E-state index in [0.717, 1.165) is 25.7 Å². The second-order valence-corrected chi connectivity index (χ2v) is 7.94. The minimum Gasteiger partial charge on any atom is -0.353 e. The molecule has 0 bridgehead atoms. The van der Waals surface area contributed by atoms with Crippen LogP contribution in [0.15, 0.2) is 24.3 Å². The van der Waals surface area contributed by atoms with Crippen LogP contribution in [0, 0.1) is 11.8 Å². The van der Waals surface area contributed by atoms with E-state index >= 15 is 0 Å². The molecule has 1 saturated heterocycles. The van der Waals surface area contributed by atoms with E-state index in [1.165, 1.54) is 11.1 Å². The lowest BCUT2D eigenvalue weighted by atomic mass is 9.78. The fraction of sp³-hybridized carbons (Fsp3) is 0.600. The molecule has 128 valence electrons. The average Bonchev–Trinajstić information content (AvgIpc) is 3.29. The van der Waals surface area contributed by atoms with Crippen molar-refractivity contribution in [1.29, 1.82) is 0 Å². The first-order valence-electron chi connectivity index (χ1n) is 9.21. The van der Waals surface area contributed by atoms with Crippen LogP contribution in [-0.2, 0) is 21.4 Å². The van der Waals surface area contributed by atoms with Crippen molar-refractivity contribution in [2.75, 3.05) is 13.1 Å². The molecule has 4 rings (SSSR count). The molecule has 3 aliphatic rings. The number of fused-ring (bicyclic) bond motifs is 2. The molecule has 1 saturated carbocycles. The van der Waals surface area contributed by atoms with Gasteiger partial charge in [-0.15, -0.1) is 0 Å². The van der Waals surface area contributed by atoms with Crippen molar-refractivity contribution in [1.82, 2.24) is 10.2 Å². The molecule has 1 spiro atoms. The Hall–Kier alpha value is -1.84. The van der Waals surface area contributed by atoms with Crippen LogP contribution in [0.5, 0.6) is 0 Å². The molecule has 1 heterocycles. The number of carbonyl (C=O) groups excluding carboxylic acids is 2. The number of hydrogen-bond donors (Lipinski definition) is 1. The number of carbonyl (C=O) groups is 2. The van der Waals surface area contributed by atoms with Gasteiger partial charge in [0.15, 0.2) is 0 Å². The van der Waals surface area contributed by atoms with Gasteiger partial charge in [0, 0.05) is 24.4 Å². The number of hydrogen-bond acceptors (Lipinski definition) is 2. The minimum atomic E-state index is -0.317. The number of amides is 2. The summed E-state index contributed by atoms with van der Waals surface area (Å²) in [7, 11) is 0. The predicted molar refractivity (Wildman–Crippen MR) is 92.5 cm³/mol. The zero-order chi connectivity index (χ0) is 16.9. The Morgan fingerprint density at radius 2 is 2.12 bits per heavy atom. The number of nitrogens with one attached hydrogen (secondary N) is 1. The van der Waals surface area contributed by atoms with Gasteiger partial charge in [-0.3, -0.25) is 9.59 Å². The van der Waals surface area contributed by atoms with E-state index in [9.17, 15) is 9.59 Å². The van der Waals surface area contributed by atoms with Crippen LogP contribution in [0.3, 0.4) is 0 Å². The van der Waals surface area contributed by atoms with Crippen molar-refractivity contribution >= 4 is 11.8 Å². The second-order valence-electron chi connectivity index (χ2n) is 7.94. The third-order valence-corrected chi connectivity index (χ3v) is 6.17. The third-order valence-electron chi connectivity index (χ3n) is 6.17. The van der Waals surface area contributed by atoms with E-state index < -0.39 is 0 Å². The van der Waals surface area contributed by atoms with Crippen LogP contribution in [0.2, 0.25) is 0 Å². The summed E-state index contributed by atoms with van der Waals surface area (Å²) in [4.78, 5) is 27.4. The molecule has 1 aromatic carbocycles. The summed E-state index contributed by atoms with van der Waals surface area (Å²) in [5, 5.41) is 2.91. The number of piperazine rings is 1. The van der Waals surface area contributed by atoms with Crippen molar-refractivity contribution in [3.8, 4) is 0 Å². The zero-order valence-corrected chi connectivity index (χ0v) is 14.5. The molecule has 2 amide bonds. The predicted octanol–water partition coefficient (Wildman–Crippen LogP) is 2.26. The molecule has 0 aromatic heterocycles. The summed E-state index contributed by atoms with van der Waals surface area (Å²) in [6.07, 6.45) is 4.34. The Morgan fingerprint density at radius 1 is 1.33 bits per heavy atom. The lowest BCUT2D eigenvalue weighted by Crippen LogP contribution is -2.59. The molecule has 1 aromatic rings. The SMILES string of the molecule is CC(C)[C@@H]1C(=O)NCCN1C(=O)[C@@H]1C[C@@]12CCCc1ccccc12. The van der Waals surface area contributed by atoms with E-state index in [4.69, 9.17) is 0 Å². The first-order valence-corrected chi connectivity index (χ1v) is 9.21. The van der Waals surface area contributed by atoms with Crippen molar-refractivity contribution in [3.05, 3.63) is 35.4 Å². The lowest BCUT2D eigenvalue weighted by molar-refractivity contribution is -0.146. The maximum atomic E-state index is 13.2. The van der Waals surface area contributed by atoms with Gasteiger partial charge in [0.05, 0.1) is 0 Å². The van der Waals surface area contributed by atoms with E-state index in [0.29, 0.717) is 13.1 Å². The van der Waals surface area contributed by atoms with E-state index in [-0.39, 0.29) is 35.1 Å². The maximum Gasteiger partial charge on any atom is 0.243 e. The molecule has 4 nitrogen and oxygen atoms in total. The monoisotopic (exact) mass is 326 g/mol. The first-order chi connectivity index (χ1) is 11.5. The molecule has 0 radical (unpaired) electrons. The highest BCUT2D eigenvalue weighted by Gasteiger charge is 2.61. The minimum absolute atomic E-state index is 0.00310. The molecular weight excluding hydrogens is 300 g/mol. The van der Waals surface area contributed by atoms with Gasteiger partial charge in [0.2, 0.25) is 11.8 Å². The first kappa shape index (κ1) is 15.7. The summed E-state index contributed by atoms with van der Waals surface area (Å²) >= 11 is 0. The average molecular weight is 326 g/mol. The van der Waals surface area contributed by atoms with Gasteiger partial charge >= 0.3 is 0 Å². The van der Waals surface area contributed by atoms with Gasteiger partial charge in [-0.25, -0.2) is 0 Å². The quantitative estimate of drug-likeness (QED) is 0.906. The van der Waals surface area contributed by atoms with Crippen LogP contribution in [0.25, 0.3) is 0 Å². The second kappa shape index (κ2) is 5.61. The Morgan fingerprint density at radius 3 is 2.92 bits per heavy atom. The van der Waals surface area contributed by atoms with Gasteiger partial charge in [-0.2, -0.15) is 0 Å². The Kier molecular flexibility index (Phi) is 3.66. The van der Waals surface area contributed by atoms with E-state index in [1.807, 2.05) is 18.7 Å². The third kappa shape index (κ3) is 2.27. The Balaban J connectivity index is 1.60. The number of rotatable bonds is 2. The summed E-state index contributed by atoms with van der Waals surface area (Å²) in [5.74, 6) is 0.400. The van der Waals surface area contributed by atoms with Crippen LogP contribution in [0.4, 0.5) is 0 Å². The van der Waals surface area contributed by atoms with Crippen LogP contribution >= 0.6 is 0 Å². The van der Waals surface area contributed by atoms with E-state index in [1.54, 1.807) is 0 Å². The lowest BCUT2D eigenvalue weighted by Gasteiger charge is -2.38. The summed E-state index contributed by atoms with van der Waals surface area (Å²) in [6, 6.07) is 8.30. The molecule has 2 aliphatic carbocycles. The van der Waals surface area contributed by atoms with Gasteiger partial charge < -0.3 is 10.2 Å². The number of nitrogens with zero attached hydrogens (tertiary/aromatic N) is 1. The fourth-order valence-electron chi connectivity index (χ4n) is 4.95. The Bertz CT molecular complexity index is 684. The van der Waals surface area contributed by atoms with Crippen LogP contribution in [0.1, 0.15) is 44.2 Å². The molecule has 24 heavy (non-hydrogen) atoms. The molecule has 3 atom stereocenters. The van der Waals surface area contributed by atoms with Crippen LogP contribution in [-0.4, -0.2) is 35.8 Å². The van der Waals surface area contributed by atoms with E-state index in [2.05, 4.69) is 29.6 Å². The smallest absolute Gasteiger partial charge is 0.243 e. The highest BCUT2D eigenvalue weighted by atomic mass is 16.2. The highest BCUT2D eigenvalue weighted by molar-refractivity contribution is 5.92. The number of aryl methyl sites for hydroxylation is 1. The van der Waals surface area contributed by atoms with Gasteiger partial charge in [0.25, 0.3) is 0 Å². The van der Waals surface area contributed by atoms with Gasteiger partial charge in [-0.1, -0.05) is 38.1 Å². The van der Waals surface area contributed by atoms with Gasteiger partial charge in [0.1, 0.15) is 6.04 Å².